The van der Waals surface area contributed by atoms with E-state index >= 15 is 0 Å². The number of rotatable bonds is 19. The number of ether oxygens (including phenoxy) is 2. The van der Waals surface area contributed by atoms with Crippen molar-refractivity contribution in [1.29, 1.82) is 0 Å². The Bertz CT molecular complexity index is 2190. The molecule has 4 fully saturated rings. The quantitative estimate of drug-likeness (QED) is 0.0213. The van der Waals surface area contributed by atoms with E-state index in [-0.39, 0.29) is 89.9 Å². The van der Waals surface area contributed by atoms with Gasteiger partial charge in [0.1, 0.15) is 36.9 Å². The number of nitrogens with zero attached hydrogens (tertiary/aromatic N) is 4. The predicted molar refractivity (Wildman–Crippen MR) is 284 cm³/mol. The van der Waals surface area contributed by atoms with Crippen LogP contribution in [0.4, 0.5) is 0 Å². The molecule has 3 aromatic heterocycles. The van der Waals surface area contributed by atoms with E-state index in [0.29, 0.717) is 34.0 Å². The van der Waals surface area contributed by atoms with Crippen LogP contribution in [0.15, 0.2) is 71.6 Å². The third-order valence-corrected chi connectivity index (χ3v) is 17.1. The van der Waals surface area contributed by atoms with Gasteiger partial charge in [0.05, 0.1) is 50.7 Å². The second-order valence-electron chi connectivity index (χ2n) is 21.2. The van der Waals surface area contributed by atoms with Gasteiger partial charge < -0.3 is 65.3 Å². The van der Waals surface area contributed by atoms with Crippen LogP contribution in [0.5, 0.6) is 0 Å². The number of aliphatic hydroxyl groups is 1. The Balaban J connectivity index is 0.000000524. The van der Waals surface area contributed by atoms with Gasteiger partial charge in [0.15, 0.2) is 0 Å². The number of likely N-dealkylation sites (N-methyl/N-ethyl adjacent to an activating group) is 1. The molecule has 0 spiro atoms. The number of likely N-dealkylation sites (tertiary alicyclic amines) is 1. The number of hydrogen-bond acceptors (Lipinski definition) is 10. The SMILES string of the molecule is CCCCCCCCCCCC[N+](C)(C)Cc1ccccc1.CCCN1CCC[C@@H]2Cc3[nH]ncc3C[C@H]21.C[N+]1(C)[C@@H]2CC(OC(=O)C(O)(c3cccs3)c3cccs3)C[C@H]1[C@@H]1O[C@@H]12.Cl.O=S(=O)(O)O.[Br-].[Cl-].[Cl-].[Na+]. The standard InChI is InChI=1S/C21H38N.C19H22NO4S2.C13H21N3.BrH.3ClH.Na.H2O4S/c1-4-5-6-7-8-9-10-11-12-16-19-22(2,3)20-21-17-14-13-15-18-21;1-20(2)12-9-11(10-13(20)17-16(12)24-17)23-18(21)19(22,14-5-3-7-25-14)15-6-4-8-26-15;1-2-5-16-6-3-4-10-7-12-11(8-13(10)16)9-14-15-12;;;;;;1-5(2,3)4/h13-15,17-18H,4-12,16,19-20H2,1-3H3;3-8,11-13,16-17,22H,9-10H2,1-2H3;9-10,13H,2-8H2,1H3,(H,14,15);4*1H;;(H2,1,2,3,4)/q2*+1;;;;;;+1;/p-3/t;11?,12-,13+,16-,17+;10-,13-;;;;;;/m..1....../s1. The number of aromatic amines is 1. The van der Waals surface area contributed by atoms with Gasteiger partial charge in [-0.25, -0.2) is 4.79 Å². The maximum Gasteiger partial charge on any atom is 1.00 e. The molecule has 1 aliphatic carbocycles. The minimum Gasteiger partial charge on any atom is -1.00 e. The minimum atomic E-state index is -4.67. The Morgan fingerprint density at radius 1 is 0.865 bits per heavy atom. The number of halogens is 4. The van der Waals surface area contributed by atoms with Gasteiger partial charge in [-0.2, -0.15) is 13.5 Å². The molecule has 4 aromatic rings. The molecule has 1 aromatic carbocycles. The van der Waals surface area contributed by atoms with Crippen LogP contribution in [0.2, 0.25) is 0 Å². The van der Waals surface area contributed by atoms with Crippen molar-refractivity contribution in [3.8, 4) is 0 Å². The fourth-order valence-electron chi connectivity index (χ4n) is 11.5. The van der Waals surface area contributed by atoms with Crippen molar-refractivity contribution in [2.75, 3.05) is 47.8 Å². The summed E-state index contributed by atoms with van der Waals surface area (Å²) in [6.45, 7) is 9.60. The minimum absolute atomic E-state index is 0. The number of benzene rings is 1. The van der Waals surface area contributed by atoms with Crippen LogP contribution in [0.3, 0.4) is 0 Å². The molecule has 1 unspecified atom stereocenters. The number of epoxide rings is 1. The molecule has 21 heteroatoms. The molecule has 0 saturated carbocycles. The summed E-state index contributed by atoms with van der Waals surface area (Å²) < 4.78 is 45.3. The number of thiophene rings is 2. The number of esters is 1. The predicted octanol–water partition coefficient (Wildman–Crippen LogP) is -1.69. The molecule has 4 aliphatic heterocycles. The summed E-state index contributed by atoms with van der Waals surface area (Å²) in [5.74, 6) is 0.307. The Kier molecular flexibility index (Phi) is 32.6. The first-order valence-electron chi connectivity index (χ1n) is 25.8. The number of nitrogens with one attached hydrogen (secondary N) is 1. The molecule has 4 N–H and O–H groups in total. The normalized spacial score (nSPS) is 22.8. The molecule has 9 rings (SSSR count). The van der Waals surface area contributed by atoms with Crippen molar-refractivity contribution in [3.05, 3.63) is 98.1 Å². The number of H-pyrrole nitrogens is 1. The van der Waals surface area contributed by atoms with Crippen molar-refractivity contribution in [2.45, 2.75) is 172 Å². The van der Waals surface area contributed by atoms with E-state index < -0.39 is 22.0 Å². The van der Waals surface area contributed by atoms with E-state index in [4.69, 9.17) is 27.0 Å². The Morgan fingerprint density at radius 3 is 1.92 bits per heavy atom. The number of hydrogen-bond donors (Lipinski definition) is 4. The molecule has 0 amide bonds. The molecule has 0 radical (unpaired) electrons. The summed E-state index contributed by atoms with van der Waals surface area (Å²) in [5.41, 5.74) is 2.60. The molecular weight excluding hydrogens is 1140 g/mol. The first-order chi connectivity index (χ1) is 32.9. The van der Waals surface area contributed by atoms with E-state index in [1.165, 1.54) is 155 Å². The van der Waals surface area contributed by atoms with Crippen molar-refractivity contribution in [2.24, 2.45) is 5.92 Å². The smallest absolute Gasteiger partial charge is 1.00 e. The number of carbonyl (C=O) groups is 1. The molecule has 2 bridgehead atoms. The maximum atomic E-state index is 13.1. The van der Waals surface area contributed by atoms with Gasteiger partial charge in [0, 0.05) is 30.1 Å². The Labute approximate surface area is 502 Å². The van der Waals surface area contributed by atoms with Crippen LogP contribution >= 0.6 is 35.1 Å². The van der Waals surface area contributed by atoms with Crippen LogP contribution in [-0.2, 0) is 49.7 Å². The molecule has 416 valence electrons. The van der Waals surface area contributed by atoms with Gasteiger partial charge in [-0.1, -0.05) is 108 Å². The first kappa shape index (κ1) is 71.3. The summed E-state index contributed by atoms with van der Waals surface area (Å²) in [4.78, 5) is 17.0. The second-order valence-corrected chi connectivity index (χ2v) is 24.0. The summed E-state index contributed by atoms with van der Waals surface area (Å²) >= 11 is 2.74. The summed E-state index contributed by atoms with van der Waals surface area (Å²) in [5, 5.41) is 22.5. The maximum absolute atomic E-state index is 13.1. The largest absolute Gasteiger partial charge is 1.00 e. The fourth-order valence-corrected chi connectivity index (χ4v) is 13.2. The molecule has 13 nitrogen and oxygen atoms in total. The number of piperidine rings is 2. The number of unbranched alkanes of at least 4 members (excludes halogenated alkanes) is 9. The van der Waals surface area contributed by atoms with Crippen molar-refractivity contribution in [3.63, 3.8) is 0 Å². The topological polar surface area (TPSA) is 166 Å². The number of quaternary nitrogens is 2. The molecule has 7 atom stereocenters. The number of carbonyl (C=O) groups excluding carboxylic acids is 1. The van der Waals surface area contributed by atoms with Crippen molar-refractivity contribution >= 4 is 51.4 Å². The third kappa shape index (κ3) is 20.8. The zero-order valence-corrected chi connectivity index (χ0v) is 53.1. The van der Waals surface area contributed by atoms with Crippen molar-refractivity contribution in [1.82, 2.24) is 15.1 Å². The van der Waals surface area contributed by atoms with Gasteiger partial charge in [0.25, 0.3) is 0 Å². The van der Waals surface area contributed by atoms with E-state index in [9.17, 15) is 9.90 Å². The molecule has 74 heavy (non-hydrogen) atoms. The van der Waals surface area contributed by atoms with Crippen LogP contribution in [0.1, 0.15) is 137 Å². The van der Waals surface area contributed by atoms with Crippen molar-refractivity contribution < 1.29 is 117 Å². The average molecular weight is 1220 g/mol. The number of fused-ring (bicyclic) bond motifs is 7. The van der Waals surface area contributed by atoms with Crippen LogP contribution in [0.25, 0.3) is 0 Å². The fraction of sp³-hybridized carbons (Fsp3) is 0.660. The second kappa shape index (κ2) is 33.8. The zero-order valence-electron chi connectivity index (χ0n) is 44.8. The zero-order chi connectivity index (χ0) is 49.7. The van der Waals surface area contributed by atoms with E-state index in [0.717, 1.165) is 40.3 Å². The number of morpholine rings is 1. The van der Waals surface area contributed by atoms with Gasteiger partial charge in [-0.3, -0.25) is 19.1 Å². The van der Waals surface area contributed by atoms with Gasteiger partial charge in [-0.15, -0.1) is 35.1 Å². The van der Waals surface area contributed by atoms with Gasteiger partial charge in [-0.05, 0) is 92.4 Å². The monoisotopic (exact) mass is 1220 g/mol. The Morgan fingerprint density at radius 2 is 1.41 bits per heavy atom. The Hall–Kier alpha value is -0.680. The molecule has 7 heterocycles. The van der Waals surface area contributed by atoms with Crippen LogP contribution in [0, 0.1) is 5.92 Å². The summed E-state index contributed by atoms with van der Waals surface area (Å²) in [6.07, 6.45) is 24.8. The van der Waals surface area contributed by atoms with Gasteiger partial charge in [0.2, 0.25) is 5.60 Å². The average Bonchev–Trinajstić information content (AvgIpc) is 3.75. The van der Waals surface area contributed by atoms with E-state index in [1.54, 1.807) is 12.1 Å². The summed E-state index contributed by atoms with van der Waals surface area (Å²) in [6, 6.07) is 19.7. The number of aromatic nitrogens is 2. The van der Waals surface area contributed by atoms with Crippen LogP contribution in [-0.4, -0.2) is 137 Å². The van der Waals surface area contributed by atoms with E-state index in [2.05, 4.69) is 87.5 Å². The summed E-state index contributed by atoms with van der Waals surface area (Å²) in [7, 11) is 4.55. The van der Waals surface area contributed by atoms with E-state index in [1.807, 2.05) is 29.1 Å². The van der Waals surface area contributed by atoms with Gasteiger partial charge >= 0.3 is 45.9 Å². The molecule has 4 saturated heterocycles. The van der Waals surface area contributed by atoms with Crippen LogP contribution < -0.4 is 71.4 Å². The first-order valence-corrected chi connectivity index (χ1v) is 28.9. The third-order valence-electron chi connectivity index (χ3n) is 15.2. The molecule has 5 aliphatic rings. The molecular formula is C53H84BrCl3N5NaO8S3.